The monoisotopic (exact) mass is 222 g/mol. The van der Waals surface area contributed by atoms with Crippen molar-refractivity contribution in [1.82, 2.24) is 0 Å². The van der Waals surface area contributed by atoms with E-state index < -0.39 is 0 Å². The zero-order valence-electron chi connectivity index (χ0n) is 11.5. The highest BCUT2D eigenvalue weighted by Gasteiger charge is 2.46. The van der Waals surface area contributed by atoms with Crippen LogP contribution in [0, 0.1) is 0 Å². The molecule has 1 fully saturated rings. The minimum atomic E-state index is 0.155. The first-order valence-electron chi connectivity index (χ1n) is 6.41. The van der Waals surface area contributed by atoms with E-state index in [2.05, 4.69) is 46.8 Å². The van der Waals surface area contributed by atoms with Gasteiger partial charge < -0.3 is 4.74 Å². The molecule has 0 spiro atoms. The van der Waals surface area contributed by atoms with Gasteiger partial charge in [0, 0.05) is 0 Å². The number of epoxide rings is 1. The van der Waals surface area contributed by atoms with Gasteiger partial charge in [-0.3, -0.25) is 0 Å². The van der Waals surface area contributed by atoms with Crippen LogP contribution < -0.4 is 0 Å². The van der Waals surface area contributed by atoms with Gasteiger partial charge in [-0.1, -0.05) is 23.3 Å². The van der Waals surface area contributed by atoms with Gasteiger partial charge in [0.2, 0.25) is 0 Å². The van der Waals surface area contributed by atoms with Gasteiger partial charge in [0.1, 0.15) is 0 Å². The Morgan fingerprint density at radius 3 is 2.31 bits per heavy atom. The first-order chi connectivity index (χ1) is 7.45. The molecule has 0 bridgehead atoms. The van der Waals surface area contributed by atoms with Crippen LogP contribution in [0.1, 0.15) is 60.3 Å². The molecule has 1 heterocycles. The summed E-state index contributed by atoms with van der Waals surface area (Å²) in [5.41, 5.74) is 3.15. The molecule has 92 valence electrons. The van der Waals surface area contributed by atoms with Crippen molar-refractivity contribution in [2.45, 2.75) is 72.0 Å². The van der Waals surface area contributed by atoms with Crippen LogP contribution in [0.4, 0.5) is 0 Å². The van der Waals surface area contributed by atoms with E-state index in [9.17, 15) is 0 Å². The Morgan fingerprint density at radius 2 is 1.81 bits per heavy atom. The molecule has 0 saturated carbocycles. The highest BCUT2D eigenvalue weighted by molar-refractivity contribution is 5.05. The van der Waals surface area contributed by atoms with Crippen LogP contribution in [0.15, 0.2) is 23.3 Å². The molecule has 1 aliphatic rings. The Bertz CT molecular complexity index is 284. The summed E-state index contributed by atoms with van der Waals surface area (Å²) < 4.78 is 5.58. The van der Waals surface area contributed by atoms with Gasteiger partial charge in [-0.25, -0.2) is 0 Å². The fourth-order valence-corrected chi connectivity index (χ4v) is 1.89. The van der Waals surface area contributed by atoms with E-state index in [1.54, 1.807) is 0 Å². The second-order valence-electron chi connectivity index (χ2n) is 5.47. The summed E-state index contributed by atoms with van der Waals surface area (Å²) >= 11 is 0. The lowest BCUT2D eigenvalue weighted by atomic mass is 10.0. The van der Waals surface area contributed by atoms with Crippen molar-refractivity contribution in [3.63, 3.8) is 0 Å². The predicted molar refractivity (Wildman–Crippen MR) is 70.6 cm³/mol. The van der Waals surface area contributed by atoms with Gasteiger partial charge in [0.25, 0.3) is 0 Å². The molecule has 1 rings (SSSR count). The van der Waals surface area contributed by atoms with Gasteiger partial charge in [-0.05, 0) is 60.3 Å². The van der Waals surface area contributed by atoms with Crippen LogP contribution in [0.25, 0.3) is 0 Å². The topological polar surface area (TPSA) is 12.5 Å². The van der Waals surface area contributed by atoms with E-state index in [0.29, 0.717) is 6.10 Å². The molecule has 1 heteroatoms. The third-order valence-electron chi connectivity index (χ3n) is 3.49. The SMILES string of the molecule is C/C=C(\C)CC/C=C(\C)CC[C@@H]1OC1(C)C. The van der Waals surface area contributed by atoms with Crippen molar-refractivity contribution in [3.05, 3.63) is 23.3 Å². The minimum absolute atomic E-state index is 0.155. The molecule has 1 aliphatic heterocycles. The van der Waals surface area contributed by atoms with Crippen LogP contribution in [0.5, 0.6) is 0 Å². The lowest BCUT2D eigenvalue weighted by Gasteiger charge is -2.01. The molecule has 1 nitrogen and oxygen atoms in total. The van der Waals surface area contributed by atoms with E-state index in [4.69, 9.17) is 4.74 Å². The minimum Gasteiger partial charge on any atom is -0.367 e. The van der Waals surface area contributed by atoms with Gasteiger partial charge in [0.15, 0.2) is 0 Å². The molecule has 0 aromatic heterocycles. The first-order valence-corrected chi connectivity index (χ1v) is 6.41. The number of rotatable bonds is 6. The van der Waals surface area contributed by atoms with E-state index in [1.807, 2.05) is 0 Å². The average Bonchev–Trinajstić information content (AvgIpc) is 2.83. The van der Waals surface area contributed by atoms with Crippen molar-refractivity contribution in [1.29, 1.82) is 0 Å². The van der Waals surface area contributed by atoms with Gasteiger partial charge in [0.05, 0.1) is 11.7 Å². The molecule has 0 aliphatic carbocycles. The highest BCUT2D eigenvalue weighted by Crippen LogP contribution is 2.38. The second-order valence-corrected chi connectivity index (χ2v) is 5.47. The van der Waals surface area contributed by atoms with Crippen molar-refractivity contribution in [2.75, 3.05) is 0 Å². The van der Waals surface area contributed by atoms with E-state index >= 15 is 0 Å². The number of hydrogen-bond donors (Lipinski definition) is 0. The summed E-state index contributed by atoms with van der Waals surface area (Å²) in [6, 6.07) is 0. The molecule has 1 saturated heterocycles. The fraction of sp³-hybridized carbons (Fsp3) is 0.733. The highest BCUT2D eigenvalue weighted by atomic mass is 16.6. The van der Waals surface area contributed by atoms with Gasteiger partial charge >= 0.3 is 0 Å². The normalized spacial score (nSPS) is 24.7. The van der Waals surface area contributed by atoms with Crippen LogP contribution in [0.2, 0.25) is 0 Å². The number of allylic oxidation sites excluding steroid dienone is 4. The van der Waals surface area contributed by atoms with Crippen molar-refractivity contribution >= 4 is 0 Å². The van der Waals surface area contributed by atoms with Crippen LogP contribution in [-0.4, -0.2) is 11.7 Å². The lowest BCUT2D eigenvalue weighted by molar-refractivity contribution is 0.320. The summed E-state index contributed by atoms with van der Waals surface area (Å²) in [6.07, 6.45) is 9.80. The summed E-state index contributed by atoms with van der Waals surface area (Å²) in [5, 5.41) is 0. The smallest absolute Gasteiger partial charge is 0.0892 e. The fourth-order valence-electron chi connectivity index (χ4n) is 1.89. The zero-order valence-corrected chi connectivity index (χ0v) is 11.5. The maximum absolute atomic E-state index is 5.58. The molecule has 1 atom stereocenters. The zero-order chi connectivity index (χ0) is 12.2. The van der Waals surface area contributed by atoms with E-state index in [-0.39, 0.29) is 5.60 Å². The number of ether oxygens (including phenoxy) is 1. The second kappa shape index (κ2) is 5.67. The Labute approximate surface area is 101 Å². The Hall–Kier alpha value is -0.560. The molecule has 16 heavy (non-hydrogen) atoms. The Balaban J connectivity index is 2.15. The molecule has 0 aromatic rings. The first kappa shape index (κ1) is 13.5. The number of hydrogen-bond acceptors (Lipinski definition) is 1. The van der Waals surface area contributed by atoms with E-state index in [1.165, 1.54) is 36.8 Å². The average molecular weight is 222 g/mol. The maximum atomic E-state index is 5.58. The maximum Gasteiger partial charge on any atom is 0.0892 e. The van der Waals surface area contributed by atoms with Crippen molar-refractivity contribution < 1.29 is 4.74 Å². The van der Waals surface area contributed by atoms with Gasteiger partial charge in [-0.2, -0.15) is 0 Å². The summed E-state index contributed by atoms with van der Waals surface area (Å²) in [7, 11) is 0. The quantitative estimate of drug-likeness (QED) is 0.471. The largest absolute Gasteiger partial charge is 0.367 e. The molecule has 0 N–H and O–H groups in total. The molecule has 0 unspecified atom stereocenters. The Kier molecular flexibility index (Phi) is 4.79. The standard InChI is InChI=1S/C15H26O/c1-6-12(2)8-7-9-13(3)10-11-14-15(4,5)16-14/h6,9,14H,7-8,10-11H2,1-5H3/b12-6+,13-9+/t14-/m0/s1. The summed E-state index contributed by atoms with van der Waals surface area (Å²) in [5.74, 6) is 0. The van der Waals surface area contributed by atoms with E-state index in [0.717, 1.165) is 0 Å². The lowest BCUT2D eigenvalue weighted by Crippen LogP contribution is -2.02. The molecular weight excluding hydrogens is 196 g/mol. The third-order valence-corrected chi connectivity index (χ3v) is 3.49. The summed E-state index contributed by atoms with van der Waals surface area (Å²) in [4.78, 5) is 0. The predicted octanol–water partition coefficient (Wildman–Crippen LogP) is 4.64. The van der Waals surface area contributed by atoms with Crippen molar-refractivity contribution in [2.24, 2.45) is 0 Å². The molecule has 0 radical (unpaired) electrons. The molecular formula is C15H26O. The Morgan fingerprint density at radius 1 is 1.19 bits per heavy atom. The van der Waals surface area contributed by atoms with Crippen LogP contribution >= 0.6 is 0 Å². The summed E-state index contributed by atoms with van der Waals surface area (Å²) in [6.45, 7) is 10.9. The third kappa shape index (κ3) is 4.52. The van der Waals surface area contributed by atoms with Crippen LogP contribution in [-0.2, 0) is 4.74 Å². The van der Waals surface area contributed by atoms with Gasteiger partial charge in [-0.15, -0.1) is 0 Å². The van der Waals surface area contributed by atoms with Crippen LogP contribution in [0.3, 0.4) is 0 Å². The van der Waals surface area contributed by atoms with Crippen molar-refractivity contribution in [3.8, 4) is 0 Å². The molecule has 0 amide bonds. The molecule has 0 aromatic carbocycles.